The molecule has 1 heterocycles. The molecule has 0 unspecified atom stereocenters. The van der Waals surface area contributed by atoms with Crippen LogP contribution in [0, 0.1) is 6.92 Å². The van der Waals surface area contributed by atoms with Crippen LogP contribution in [0.25, 0.3) is 49.7 Å². The smallest absolute Gasteiger partial charge is 0.0541 e. The van der Waals surface area contributed by atoms with Crippen molar-refractivity contribution in [3.05, 3.63) is 127 Å². The summed E-state index contributed by atoms with van der Waals surface area (Å²) in [6.07, 6.45) is 0. The number of hydrogen-bond donors (Lipinski definition) is 0. The summed E-state index contributed by atoms with van der Waals surface area (Å²) < 4.78 is 2.39. The minimum absolute atomic E-state index is 1.20. The van der Waals surface area contributed by atoms with Crippen molar-refractivity contribution >= 4 is 21.8 Å². The van der Waals surface area contributed by atoms with Gasteiger partial charge in [0.2, 0.25) is 0 Å². The maximum atomic E-state index is 2.39. The fourth-order valence-electron chi connectivity index (χ4n) is 4.69. The monoisotopic (exact) mass is 439 g/mol. The largest absolute Gasteiger partial charge is 0.309 e. The minimum Gasteiger partial charge on any atom is -0.309 e. The molecule has 6 aromatic rings. The molecule has 0 atom stereocenters. The van der Waals surface area contributed by atoms with E-state index in [4.69, 9.17) is 0 Å². The van der Waals surface area contributed by atoms with Gasteiger partial charge >= 0.3 is 0 Å². The van der Waals surface area contributed by atoms with Gasteiger partial charge in [-0.3, -0.25) is 0 Å². The third kappa shape index (κ3) is 3.91. The molecule has 1 nitrogen and oxygen atoms in total. The highest BCUT2D eigenvalue weighted by molar-refractivity contribution is 6.11. The summed E-state index contributed by atoms with van der Waals surface area (Å²) in [6.45, 7) is 6.15. The Morgan fingerprint density at radius 1 is 0.441 bits per heavy atom. The van der Waals surface area contributed by atoms with Crippen molar-refractivity contribution in [1.82, 2.24) is 4.57 Å². The predicted molar refractivity (Wildman–Crippen MR) is 148 cm³/mol. The molecule has 0 aliphatic carbocycles. The lowest BCUT2D eigenvalue weighted by Crippen LogP contribution is -1.94. The van der Waals surface area contributed by atoms with Crippen molar-refractivity contribution in [1.29, 1.82) is 0 Å². The lowest BCUT2D eigenvalue weighted by atomic mass is 10.0. The summed E-state index contributed by atoms with van der Waals surface area (Å²) >= 11 is 0. The van der Waals surface area contributed by atoms with E-state index in [0.717, 1.165) is 0 Å². The topological polar surface area (TPSA) is 4.93 Å². The Morgan fingerprint density at radius 3 is 1.41 bits per heavy atom. The molecule has 1 aromatic heterocycles. The summed E-state index contributed by atoms with van der Waals surface area (Å²) in [4.78, 5) is 0. The Morgan fingerprint density at radius 2 is 0.941 bits per heavy atom. The van der Waals surface area contributed by atoms with E-state index in [9.17, 15) is 0 Å². The van der Waals surface area contributed by atoms with Crippen LogP contribution in [0.3, 0.4) is 0 Å². The quantitative estimate of drug-likeness (QED) is 0.259. The van der Waals surface area contributed by atoms with Crippen LogP contribution < -0.4 is 0 Å². The molecule has 5 aromatic carbocycles. The Labute approximate surface area is 201 Å². The molecule has 0 aliphatic rings. The molecule has 0 spiro atoms. The Kier molecular flexibility index (Phi) is 6.01. The van der Waals surface area contributed by atoms with Gasteiger partial charge in [-0.2, -0.15) is 0 Å². The first-order valence-corrected chi connectivity index (χ1v) is 12.0. The summed E-state index contributed by atoms with van der Waals surface area (Å²) in [5.41, 5.74) is 9.89. The van der Waals surface area contributed by atoms with Gasteiger partial charge in [0.25, 0.3) is 0 Å². The van der Waals surface area contributed by atoms with E-state index < -0.39 is 0 Å². The van der Waals surface area contributed by atoms with E-state index in [1.54, 1.807) is 0 Å². The number of aromatic nitrogens is 1. The SMILES string of the molecule is CC.Cc1cccc(-n2c3ccc(-c4ccccc4)cc3c3cc(-c4ccccc4)ccc32)c1. The third-order valence-electron chi connectivity index (χ3n) is 6.24. The van der Waals surface area contributed by atoms with Gasteiger partial charge in [0.1, 0.15) is 0 Å². The minimum atomic E-state index is 1.20. The van der Waals surface area contributed by atoms with Crippen molar-refractivity contribution in [2.75, 3.05) is 0 Å². The number of hydrogen-bond acceptors (Lipinski definition) is 0. The van der Waals surface area contributed by atoms with E-state index in [0.29, 0.717) is 0 Å². The van der Waals surface area contributed by atoms with Crippen LogP contribution in [0.2, 0.25) is 0 Å². The molecule has 0 N–H and O–H groups in total. The lowest BCUT2D eigenvalue weighted by molar-refractivity contribution is 1.17. The summed E-state index contributed by atoms with van der Waals surface area (Å²) in [5.74, 6) is 0. The predicted octanol–water partition coefficient (Wildman–Crippen LogP) is 9.45. The van der Waals surface area contributed by atoms with Crippen LogP contribution in [0.4, 0.5) is 0 Å². The lowest BCUT2D eigenvalue weighted by Gasteiger charge is -2.09. The first-order chi connectivity index (χ1) is 16.8. The second-order valence-corrected chi connectivity index (χ2v) is 8.37. The fourth-order valence-corrected chi connectivity index (χ4v) is 4.69. The van der Waals surface area contributed by atoms with Crippen molar-refractivity contribution in [2.45, 2.75) is 20.8 Å². The number of rotatable bonds is 3. The highest BCUT2D eigenvalue weighted by Gasteiger charge is 2.14. The first kappa shape index (κ1) is 21.7. The Hall–Kier alpha value is -4.10. The Bertz CT molecular complexity index is 1460. The average molecular weight is 440 g/mol. The van der Waals surface area contributed by atoms with Crippen LogP contribution in [0.5, 0.6) is 0 Å². The zero-order valence-corrected chi connectivity index (χ0v) is 20.0. The van der Waals surface area contributed by atoms with E-state index in [2.05, 4.69) is 133 Å². The van der Waals surface area contributed by atoms with Gasteiger partial charge in [0.15, 0.2) is 0 Å². The molecule has 0 saturated heterocycles. The standard InChI is InChI=1S/C31H23N.C2H6/c1-22-9-8-14-27(19-22)32-30-17-15-25(23-10-4-2-5-11-23)20-28(30)29-21-26(16-18-31(29)32)24-12-6-3-7-13-24;1-2/h2-21H,1H3;1-2H3. The van der Waals surface area contributed by atoms with Gasteiger partial charge < -0.3 is 4.57 Å². The summed E-state index contributed by atoms with van der Waals surface area (Å²) in [6, 6.07) is 43.7. The molecule has 0 aliphatic heterocycles. The molecule has 0 fully saturated rings. The van der Waals surface area contributed by atoms with Crippen molar-refractivity contribution in [3.63, 3.8) is 0 Å². The number of aryl methyl sites for hydroxylation is 1. The van der Waals surface area contributed by atoms with E-state index in [1.165, 1.54) is 55.3 Å². The summed E-state index contributed by atoms with van der Waals surface area (Å²) in [5, 5.41) is 2.56. The molecule has 0 radical (unpaired) electrons. The van der Waals surface area contributed by atoms with Crippen LogP contribution in [-0.4, -0.2) is 4.57 Å². The van der Waals surface area contributed by atoms with Crippen LogP contribution in [0.1, 0.15) is 19.4 Å². The number of benzene rings is 5. The number of nitrogens with zero attached hydrogens (tertiary/aromatic N) is 1. The average Bonchev–Trinajstić information content (AvgIpc) is 3.24. The van der Waals surface area contributed by atoms with Gasteiger partial charge in [0.05, 0.1) is 11.0 Å². The van der Waals surface area contributed by atoms with Gasteiger partial charge in [-0.15, -0.1) is 0 Å². The second kappa shape index (κ2) is 9.41. The zero-order chi connectivity index (χ0) is 23.5. The maximum absolute atomic E-state index is 2.39. The van der Waals surface area contributed by atoms with Gasteiger partial charge in [-0.05, 0) is 71.1 Å². The summed E-state index contributed by atoms with van der Waals surface area (Å²) in [7, 11) is 0. The Balaban J connectivity index is 0.00000117. The zero-order valence-electron chi connectivity index (χ0n) is 20.0. The van der Waals surface area contributed by atoms with E-state index >= 15 is 0 Å². The third-order valence-corrected chi connectivity index (χ3v) is 6.24. The maximum Gasteiger partial charge on any atom is 0.0541 e. The molecular weight excluding hydrogens is 410 g/mol. The molecule has 166 valence electrons. The van der Waals surface area contributed by atoms with E-state index in [1.807, 2.05) is 13.8 Å². The molecular formula is C33H29N. The van der Waals surface area contributed by atoms with Gasteiger partial charge in [-0.1, -0.05) is 98.8 Å². The molecule has 0 bridgehead atoms. The van der Waals surface area contributed by atoms with Crippen molar-refractivity contribution < 1.29 is 0 Å². The van der Waals surface area contributed by atoms with Crippen LogP contribution in [0.15, 0.2) is 121 Å². The first-order valence-electron chi connectivity index (χ1n) is 12.0. The van der Waals surface area contributed by atoms with Gasteiger partial charge in [0, 0.05) is 16.5 Å². The fraction of sp³-hybridized carbons (Fsp3) is 0.0909. The highest BCUT2D eigenvalue weighted by atomic mass is 15.0. The van der Waals surface area contributed by atoms with Crippen LogP contribution in [-0.2, 0) is 0 Å². The van der Waals surface area contributed by atoms with Crippen molar-refractivity contribution in [2.24, 2.45) is 0 Å². The molecule has 0 amide bonds. The van der Waals surface area contributed by atoms with Gasteiger partial charge in [-0.25, -0.2) is 0 Å². The second-order valence-electron chi connectivity index (χ2n) is 8.37. The highest BCUT2D eigenvalue weighted by Crippen LogP contribution is 2.37. The molecule has 1 heteroatoms. The number of fused-ring (bicyclic) bond motifs is 3. The normalized spacial score (nSPS) is 10.8. The van der Waals surface area contributed by atoms with Crippen LogP contribution >= 0.6 is 0 Å². The molecule has 0 saturated carbocycles. The molecule has 34 heavy (non-hydrogen) atoms. The molecule has 6 rings (SSSR count). The van der Waals surface area contributed by atoms with Crippen molar-refractivity contribution in [3.8, 4) is 27.9 Å². The van der Waals surface area contributed by atoms with E-state index in [-0.39, 0.29) is 0 Å².